The standard InChI is InChI=1S/C12H17NO4/c1-8-4-5-10(17-3)9(6-8)13-7-12(2,16)11(14)15/h4-6,13,16H,7H2,1-3H3,(H,14,15). The maximum absolute atomic E-state index is 10.7. The second kappa shape index (κ2) is 5.05. The Morgan fingerprint density at radius 1 is 1.53 bits per heavy atom. The van der Waals surface area contributed by atoms with Crippen LogP contribution in [0.1, 0.15) is 12.5 Å². The number of carboxylic acids is 1. The Balaban J connectivity index is 2.81. The van der Waals surface area contributed by atoms with E-state index < -0.39 is 11.6 Å². The van der Waals surface area contributed by atoms with Crippen LogP contribution in [0.3, 0.4) is 0 Å². The number of aryl methyl sites for hydroxylation is 1. The van der Waals surface area contributed by atoms with Gasteiger partial charge in [0.1, 0.15) is 5.75 Å². The summed E-state index contributed by atoms with van der Waals surface area (Å²) in [5.41, 5.74) is -0.133. The van der Waals surface area contributed by atoms with Crippen LogP contribution in [0.4, 0.5) is 5.69 Å². The van der Waals surface area contributed by atoms with Gasteiger partial charge in [0.15, 0.2) is 5.60 Å². The maximum atomic E-state index is 10.7. The number of ether oxygens (including phenoxy) is 1. The number of carbonyl (C=O) groups is 1. The molecule has 94 valence electrons. The molecule has 0 aliphatic carbocycles. The lowest BCUT2D eigenvalue weighted by Crippen LogP contribution is -2.41. The van der Waals surface area contributed by atoms with Crippen molar-refractivity contribution < 1.29 is 19.7 Å². The topological polar surface area (TPSA) is 78.8 Å². The molecule has 1 aromatic rings. The third-order valence-corrected chi connectivity index (χ3v) is 2.44. The van der Waals surface area contributed by atoms with Crippen molar-refractivity contribution in [3.05, 3.63) is 23.8 Å². The Kier molecular flexibility index (Phi) is 3.96. The molecule has 0 heterocycles. The van der Waals surface area contributed by atoms with E-state index in [0.29, 0.717) is 11.4 Å². The van der Waals surface area contributed by atoms with Crippen LogP contribution < -0.4 is 10.1 Å². The van der Waals surface area contributed by atoms with Crippen LogP contribution in [0, 0.1) is 6.92 Å². The quantitative estimate of drug-likeness (QED) is 0.720. The van der Waals surface area contributed by atoms with Crippen LogP contribution in [-0.2, 0) is 4.79 Å². The molecular formula is C12H17NO4. The third kappa shape index (κ3) is 3.35. The molecule has 0 bridgehead atoms. The number of carboxylic acid groups (broad SMARTS) is 1. The van der Waals surface area contributed by atoms with Crippen molar-refractivity contribution in [1.82, 2.24) is 0 Å². The van der Waals surface area contributed by atoms with Gasteiger partial charge >= 0.3 is 5.97 Å². The summed E-state index contributed by atoms with van der Waals surface area (Å²) in [5, 5.41) is 21.2. The zero-order valence-electron chi connectivity index (χ0n) is 10.2. The van der Waals surface area contributed by atoms with Gasteiger partial charge in [-0.2, -0.15) is 0 Å². The highest BCUT2D eigenvalue weighted by atomic mass is 16.5. The molecule has 0 amide bonds. The van der Waals surface area contributed by atoms with Crippen molar-refractivity contribution >= 4 is 11.7 Å². The Morgan fingerprint density at radius 3 is 2.71 bits per heavy atom. The number of benzene rings is 1. The number of aliphatic hydroxyl groups is 1. The van der Waals surface area contributed by atoms with Crippen LogP contribution in [0.15, 0.2) is 18.2 Å². The molecule has 0 aliphatic rings. The smallest absolute Gasteiger partial charge is 0.337 e. The van der Waals surface area contributed by atoms with Gasteiger partial charge in [-0.1, -0.05) is 6.07 Å². The average molecular weight is 239 g/mol. The van der Waals surface area contributed by atoms with Crippen molar-refractivity contribution in [3.8, 4) is 5.75 Å². The molecule has 0 saturated heterocycles. The van der Waals surface area contributed by atoms with Gasteiger partial charge in [0, 0.05) is 0 Å². The summed E-state index contributed by atoms with van der Waals surface area (Å²) >= 11 is 0. The summed E-state index contributed by atoms with van der Waals surface area (Å²) in [6, 6.07) is 5.50. The van der Waals surface area contributed by atoms with Crippen LogP contribution in [0.2, 0.25) is 0 Å². The number of anilines is 1. The molecule has 0 saturated carbocycles. The second-order valence-corrected chi connectivity index (χ2v) is 4.14. The highest BCUT2D eigenvalue weighted by Gasteiger charge is 2.29. The highest BCUT2D eigenvalue weighted by Crippen LogP contribution is 2.25. The number of hydrogen-bond donors (Lipinski definition) is 3. The van der Waals surface area contributed by atoms with Crippen LogP contribution in [0.5, 0.6) is 5.75 Å². The van der Waals surface area contributed by atoms with Gasteiger partial charge in [0.2, 0.25) is 0 Å². The molecular weight excluding hydrogens is 222 g/mol. The van der Waals surface area contributed by atoms with E-state index in [0.717, 1.165) is 5.56 Å². The Morgan fingerprint density at radius 2 is 2.18 bits per heavy atom. The Bertz CT molecular complexity index is 415. The molecule has 0 radical (unpaired) electrons. The lowest BCUT2D eigenvalue weighted by Gasteiger charge is -2.20. The van der Waals surface area contributed by atoms with E-state index in [2.05, 4.69) is 5.32 Å². The van der Waals surface area contributed by atoms with Gasteiger partial charge in [0.25, 0.3) is 0 Å². The molecule has 3 N–H and O–H groups in total. The largest absolute Gasteiger partial charge is 0.495 e. The molecule has 0 spiro atoms. The monoisotopic (exact) mass is 239 g/mol. The number of aliphatic carboxylic acids is 1. The predicted molar refractivity (Wildman–Crippen MR) is 64.5 cm³/mol. The fourth-order valence-electron chi connectivity index (χ4n) is 1.30. The van der Waals surface area contributed by atoms with Crippen molar-refractivity contribution in [3.63, 3.8) is 0 Å². The summed E-state index contributed by atoms with van der Waals surface area (Å²) in [5.74, 6) is -0.659. The van der Waals surface area contributed by atoms with Crippen molar-refractivity contribution in [2.75, 3.05) is 19.0 Å². The normalized spacial score (nSPS) is 13.9. The Hall–Kier alpha value is -1.75. The van der Waals surface area contributed by atoms with E-state index in [4.69, 9.17) is 9.84 Å². The highest BCUT2D eigenvalue weighted by molar-refractivity contribution is 5.77. The molecule has 1 rings (SSSR count). The zero-order chi connectivity index (χ0) is 13.1. The predicted octanol–water partition coefficient (Wildman–Crippen LogP) is 1.25. The molecule has 17 heavy (non-hydrogen) atoms. The van der Waals surface area contributed by atoms with Gasteiger partial charge in [-0.05, 0) is 31.5 Å². The molecule has 0 aliphatic heterocycles. The minimum atomic E-state index is -1.81. The van der Waals surface area contributed by atoms with E-state index in [-0.39, 0.29) is 6.54 Å². The van der Waals surface area contributed by atoms with E-state index in [1.807, 2.05) is 19.1 Å². The Labute approximate surface area is 100 Å². The number of rotatable bonds is 5. The van der Waals surface area contributed by atoms with Crippen molar-refractivity contribution in [1.29, 1.82) is 0 Å². The first-order valence-electron chi connectivity index (χ1n) is 5.21. The second-order valence-electron chi connectivity index (χ2n) is 4.14. The third-order valence-electron chi connectivity index (χ3n) is 2.44. The summed E-state index contributed by atoms with van der Waals surface area (Å²) < 4.78 is 5.13. The lowest BCUT2D eigenvalue weighted by atomic mass is 10.1. The molecule has 5 nitrogen and oxygen atoms in total. The molecule has 0 fully saturated rings. The summed E-state index contributed by atoms with van der Waals surface area (Å²) in [7, 11) is 1.53. The van der Waals surface area contributed by atoms with E-state index in [1.54, 1.807) is 6.07 Å². The summed E-state index contributed by atoms with van der Waals surface area (Å²) in [6.07, 6.45) is 0. The van der Waals surface area contributed by atoms with Crippen LogP contribution in [0.25, 0.3) is 0 Å². The minimum absolute atomic E-state index is 0.0951. The van der Waals surface area contributed by atoms with E-state index >= 15 is 0 Å². The molecule has 1 atom stereocenters. The molecule has 5 heteroatoms. The fourth-order valence-corrected chi connectivity index (χ4v) is 1.30. The van der Waals surface area contributed by atoms with E-state index in [1.165, 1.54) is 14.0 Å². The number of nitrogens with one attached hydrogen (secondary N) is 1. The van der Waals surface area contributed by atoms with E-state index in [9.17, 15) is 9.90 Å². The maximum Gasteiger partial charge on any atom is 0.337 e. The number of hydrogen-bond acceptors (Lipinski definition) is 4. The number of methoxy groups -OCH3 is 1. The van der Waals surface area contributed by atoms with Gasteiger partial charge < -0.3 is 20.3 Å². The van der Waals surface area contributed by atoms with Gasteiger partial charge in [-0.25, -0.2) is 4.79 Å². The van der Waals surface area contributed by atoms with Crippen LogP contribution >= 0.6 is 0 Å². The van der Waals surface area contributed by atoms with Gasteiger partial charge in [0.05, 0.1) is 19.3 Å². The first-order chi connectivity index (χ1) is 7.86. The minimum Gasteiger partial charge on any atom is -0.495 e. The summed E-state index contributed by atoms with van der Waals surface area (Å²) in [6.45, 7) is 3.06. The molecule has 0 aromatic heterocycles. The first kappa shape index (κ1) is 13.3. The van der Waals surface area contributed by atoms with Crippen molar-refractivity contribution in [2.45, 2.75) is 19.4 Å². The average Bonchev–Trinajstić information content (AvgIpc) is 2.26. The van der Waals surface area contributed by atoms with Gasteiger partial charge in [-0.15, -0.1) is 0 Å². The fraction of sp³-hybridized carbons (Fsp3) is 0.417. The van der Waals surface area contributed by atoms with Crippen LogP contribution in [-0.4, -0.2) is 35.4 Å². The van der Waals surface area contributed by atoms with Gasteiger partial charge in [-0.3, -0.25) is 0 Å². The SMILES string of the molecule is COc1ccc(C)cc1NCC(C)(O)C(=O)O. The van der Waals surface area contributed by atoms with Crippen molar-refractivity contribution in [2.24, 2.45) is 0 Å². The zero-order valence-corrected chi connectivity index (χ0v) is 10.2. The lowest BCUT2D eigenvalue weighted by molar-refractivity contribution is -0.155. The summed E-state index contributed by atoms with van der Waals surface area (Å²) in [4.78, 5) is 10.7. The molecule has 1 unspecified atom stereocenters. The first-order valence-corrected chi connectivity index (χ1v) is 5.21. The molecule has 1 aromatic carbocycles.